The van der Waals surface area contributed by atoms with E-state index in [0.29, 0.717) is 51.2 Å². The van der Waals surface area contributed by atoms with Crippen molar-refractivity contribution >= 4 is 47.3 Å². The Morgan fingerprint density at radius 1 is 0.714 bits per heavy atom. The first-order chi connectivity index (χ1) is 26.2. The first kappa shape index (κ1) is 45.4. The zero-order chi connectivity index (χ0) is 40.4. The number of carbonyl (C=O) groups is 4. The number of halogens is 3. The van der Waals surface area contributed by atoms with Gasteiger partial charge in [0.05, 0.1) is 30.6 Å². The maximum Gasteiger partial charge on any atom is 0.336 e. The van der Waals surface area contributed by atoms with E-state index in [1.807, 2.05) is 13.8 Å². The van der Waals surface area contributed by atoms with Crippen molar-refractivity contribution in [3.8, 4) is 0 Å². The van der Waals surface area contributed by atoms with Crippen LogP contribution >= 0.6 is 12.4 Å². The fraction of sp³-hybridized carbons (Fsp3) is 0.349. The quantitative estimate of drug-likeness (QED) is 0.0783. The summed E-state index contributed by atoms with van der Waals surface area (Å²) in [6.07, 6.45) is 1.91. The van der Waals surface area contributed by atoms with Crippen LogP contribution in [0.15, 0.2) is 72.8 Å². The van der Waals surface area contributed by atoms with Crippen LogP contribution in [0, 0.1) is 31.4 Å². The molecule has 0 fully saturated rings. The van der Waals surface area contributed by atoms with Crippen LogP contribution in [-0.2, 0) is 22.4 Å². The Hall–Kier alpha value is -5.01. The molecule has 4 aromatic carbocycles. The van der Waals surface area contributed by atoms with E-state index < -0.39 is 18.2 Å². The number of hydrogen-bond donors (Lipinski definition) is 6. The summed E-state index contributed by atoms with van der Waals surface area (Å²) in [5, 5.41) is 34.9. The summed E-state index contributed by atoms with van der Waals surface area (Å²) in [7, 11) is 0. The number of carboxylic acid groups (broad SMARTS) is 1. The number of Topliss-reactive ketones (excluding diaryl/α,β-unsaturated/α-hetero) is 1. The highest BCUT2D eigenvalue weighted by molar-refractivity contribution is 6.06. The number of hydrogen-bond acceptors (Lipinski definition) is 7. The Balaban J connectivity index is 0.000000245. The summed E-state index contributed by atoms with van der Waals surface area (Å²) in [6, 6.07) is 19.1. The minimum Gasteiger partial charge on any atom is -0.478 e. The van der Waals surface area contributed by atoms with Crippen molar-refractivity contribution in [2.75, 3.05) is 10.6 Å². The number of nitrogens with one attached hydrogen (secondary N) is 2. The van der Waals surface area contributed by atoms with Crippen molar-refractivity contribution in [2.45, 2.75) is 90.9 Å². The van der Waals surface area contributed by atoms with Crippen molar-refractivity contribution in [1.82, 2.24) is 0 Å². The molecule has 0 aliphatic carbocycles. The first-order valence-electron chi connectivity index (χ1n) is 18.4. The van der Waals surface area contributed by atoms with Gasteiger partial charge in [0, 0.05) is 29.4 Å². The van der Waals surface area contributed by atoms with Gasteiger partial charge in [-0.3, -0.25) is 14.4 Å². The number of nitrogens with two attached hydrogens (primary N) is 1. The van der Waals surface area contributed by atoms with Crippen molar-refractivity contribution in [1.29, 1.82) is 0 Å². The highest BCUT2D eigenvalue weighted by Gasteiger charge is 2.29. The smallest absolute Gasteiger partial charge is 0.336 e. The minimum atomic E-state index is -0.992. The first-order valence-corrected chi connectivity index (χ1v) is 18.4. The molecule has 13 heteroatoms. The molecular weight excluding hydrogens is 744 g/mol. The Kier molecular flexibility index (Phi) is 16.8. The van der Waals surface area contributed by atoms with Crippen LogP contribution in [0.1, 0.15) is 112 Å². The van der Waals surface area contributed by atoms with E-state index >= 15 is 0 Å². The van der Waals surface area contributed by atoms with Gasteiger partial charge in [0.15, 0.2) is 5.78 Å². The molecule has 6 rings (SSSR count). The molecule has 4 aromatic rings. The lowest BCUT2D eigenvalue weighted by Gasteiger charge is -2.24. The third-order valence-corrected chi connectivity index (χ3v) is 9.94. The monoisotopic (exact) mass is 793 g/mol. The van der Waals surface area contributed by atoms with Gasteiger partial charge in [0.2, 0.25) is 11.8 Å². The normalized spacial score (nSPS) is 14.5. The summed E-state index contributed by atoms with van der Waals surface area (Å²) in [5.41, 5.74) is 11.1. The molecule has 0 spiro atoms. The molecule has 0 radical (unpaired) electrons. The number of anilines is 2. The van der Waals surface area contributed by atoms with Crippen LogP contribution in [0.3, 0.4) is 0 Å². The minimum absolute atomic E-state index is 0. The number of aliphatic hydroxyl groups is 2. The lowest BCUT2D eigenvalue weighted by atomic mass is 9.84. The molecule has 2 heterocycles. The zero-order valence-electron chi connectivity index (χ0n) is 31.9. The molecule has 0 saturated heterocycles. The van der Waals surface area contributed by atoms with Crippen molar-refractivity contribution in [2.24, 2.45) is 11.7 Å². The molecule has 0 aromatic heterocycles. The Labute approximate surface area is 331 Å². The largest absolute Gasteiger partial charge is 0.478 e. The number of carboxylic acids is 1. The molecule has 0 bridgehead atoms. The van der Waals surface area contributed by atoms with E-state index in [1.165, 1.54) is 18.2 Å². The van der Waals surface area contributed by atoms with E-state index in [0.717, 1.165) is 24.8 Å². The van der Waals surface area contributed by atoms with Crippen molar-refractivity contribution in [3.63, 3.8) is 0 Å². The molecular formula is C43H50ClF2N3O7. The fourth-order valence-electron chi connectivity index (χ4n) is 6.92. The number of carbonyl (C=O) groups excluding carboxylic acids is 3. The topological polar surface area (TPSA) is 179 Å². The maximum absolute atomic E-state index is 13.9. The zero-order valence-corrected chi connectivity index (χ0v) is 32.7. The maximum atomic E-state index is 13.9. The number of rotatable bonds is 12. The second-order valence-electron chi connectivity index (χ2n) is 13.8. The number of fused-ring (bicyclic) bond motifs is 2. The third kappa shape index (κ3) is 11.1. The lowest BCUT2D eigenvalue weighted by Crippen LogP contribution is -2.28. The van der Waals surface area contributed by atoms with Crippen LogP contribution < -0.4 is 16.4 Å². The highest BCUT2D eigenvalue weighted by atomic mass is 35.5. The van der Waals surface area contributed by atoms with Gasteiger partial charge in [-0.2, -0.15) is 0 Å². The fourth-order valence-corrected chi connectivity index (χ4v) is 6.92. The van der Waals surface area contributed by atoms with Gasteiger partial charge in [-0.05, 0) is 96.3 Å². The lowest BCUT2D eigenvalue weighted by molar-refractivity contribution is -0.115. The van der Waals surface area contributed by atoms with Gasteiger partial charge in [-0.25, -0.2) is 13.6 Å². The molecule has 7 N–H and O–H groups in total. The second-order valence-corrected chi connectivity index (χ2v) is 13.8. The SMILES string of the molecule is CCC[C@@H](CC(=O)c1cccc2c1CC(=O)N2)[C@@H](O)c1cccc(F)c1C.CCC[C@@H](N)[C@@H](O)c1cccc(F)c1C.Cl.O=C1Cc2c(cccc2C(=O)O)N1. The molecule has 4 atom stereocenters. The van der Waals surface area contributed by atoms with E-state index in [2.05, 4.69) is 10.6 Å². The van der Waals surface area contributed by atoms with E-state index in [1.54, 1.807) is 68.4 Å². The summed E-state index contributed by atoms with van der Waals surface area (Å²) in [6.45, 7) is 7.29. The Morgan fingerprint density at radius 3 is 1.64 bits per heavy atom. The highest BCUT2D eigenvalue weighted by Crippen LogP contribution is 2.34. The Bertz CT molecular complexity index is 2040. The van der Waals surface area contributed by atoms with Crippen molar-refractivity contribution < 1.29 is 43.3 Å². The summed E-state index contributed by atoms with van der Waals surface area (Å²) in [5.74, 6) is -2.34. The number of aliphatic hydroxyl groups excluding tert-OH is 2. The predicted molar refractivity (Wildman–Crippen MR) is 214 cm³/mol. The third-order valence-electron chi connectivity index (χ3n) is 9.94. The molecule has 300 valence electrons. The molecule has 0 unspecified atom stereocenters. The molecule has 56 heavy (non-hydrogen) atoms. The van der Waals surface area contributed by atoms with Crippen LogP contribution in [0.2, 0.25) is 0 Å². The number of amides is 2. The van der Waals surface area contributed by atoms with E-state index in [9.17, 15) is 38.2 Å². The second kappa shape index (κ2) is 20.8. The van der Waals surface area contributed by atoms with Gasteiger partial charge >= 0.3 is 5.97 Å². The van der Waals surface area contributed by atoms with Crippen LogP contribution in [0.4, 0.5) is 20.2 Å². The van der Waals surface area contributed by atoms with Gasteiger partial charge in [-0.15, -0.1) is 12.4 Å². The van der Waals surface area contributed by atoms with Gasteiger partial charge in [0.1, 0.15) is 11.6 Å². The summed E-state index contributed by atoms with van der Waals surface area (Å²) >= 11 is 0. The van der Waals surface area contributed by atoms with E-state index in [-0.39, 0.29) is 78.4 Å². The average molecular weight is 794 g/mol. The predicted octanol–water partition coefficient (Wildman–Crippen LogP) is 7.95. The summed E-state index contributed by atoms with van der Waals surface area (Å²) in [4.78, 5) is 46.3. The van der Waals surface area contributed by atoms with E-state index in [4.69, 9.17) is 10.8 Å². The molecule has 0 saturated carbocycles. The van der Waals surface area contributed by atoms with Gasteiger partial charge < -0.3 is 31.7 Å². The number of aromatic carboxylic acids is 1. The van der Waals surface area contributed by atoms with Gasteiger partial charge in [-0.1, -0.05) is 69.2 Å². The van der Waals surface area contributed by atoms with Crippen LogP contribution in [0.5, 0.6) is 0 Å². The average Bonchev–Trinajstić information content (AvgIpc) is 3.74. The number of benzene rings is 4. The van der Waals surface area contributed by atoms with Crippen molar-refractivity contribution in [3.05, 3.63) is 129 Å². The van der Waals surface area contributed by atoms with Crippen LogP contribution in [0.25, 0.3) is 0 Å². The summed E-state index contributed by atoms with van der Waals surface area (Å²) < 4.78 is 27.1. The molecule has 2 aliphatic rings. The number of ketones is 1. The Morgan fingerprint density at radius 2 is 1.16 bits per heavy atom. The standard InChI is InChI=1S/C22H24FNO3.C12H18FNO.C9H7NO3.ClH/c1-3-6-14(22(27)15-7-4-9-18(23)13(15)2)11-20(25)16-8-5-10-19-17(16)12-21(26)24-19;1-3-5-11(14)12(15)9-6-4-7-10(13)8(9)2;11-8-4-6-5(9(12)13)2-1-3-7(6)10-8;/h4-5,7-10,14,22,27H,3,6,11-12H2,1-2H3,(H,24,26);4,6-7,11-12,15H,3,5,14H2,1-2H3;1-3H,4H2,(H,10,11)(H,12,13);1H/t14-,22+;11-,12+;;/m01../s1. The molecule has 2 amide bonds. The molecule has 10 nitrogen and oxygen atoms in total. The molecule has 2 aliphatic heterocycles. The van der Waals surface area contributed by atoms with Crippen LogP contribution in [-0.4, -0.2) is 44.9 Å². The van der Waals surface area contributed by atoms with Gasteiger partial charge in [0.25, 0.3) is 0 Å².